The first-order valence-electron chi connectivity index (χ1n) is 38.3. The van der Waals surface area contributed by atoms with E-state index in [0.29, 0.717) is 36.1 Å². The largest absolute Gasteiger partial charge is 0.306 e. The van der Waals surface area contributed by atoms with Crippen molar-refractivity contribution >= 4 is 146 Å². The number of carbonyl (C=O) groups excluding carboxylic acids is 2. The van der Waals surface area contributed by atoms with Gasteiger partial charge in [-0.2, -0.15) is 0 Å². The maximum Gasteiger partial charge on any atom is 0.261 e. The average molecular weight is 1390 g/mol. The molecule has 9 aromatic rings. The smallest absolute Gasteiger partial charge is 0.261 e. The van der Waals surface area contributed by atoms with Crippen LogP contribution in [-0.4, -0.2) is 34.7 Å². The van der Waals surface area contributed by atoms with E-state index in [9.17, 15) is 0 Å². The lowest BCUT2D eigenvalue weighted by molar-refractivity contribution is -0.124. The monoisotopic (exact) mass is 1390 g/mol. The molecule has 2 aliphatic rings. The molecule has 7 heterocycles. The molecular weight excluding hydrogens is 1280 g/mol. The van der Waals surface area contributed by atoms with E-state index in [1.54, 1.807) is 22.7 Å². The molecule has 0 saturated heterocycles. The summed E-state index contributed by atoms with van der Waals surface area (Å²) in [4.78, 5) is 46.1. The second kappa shape index (κ2) is 37.1. The van der Waals surface area contributed by atoms with Crippen molar-refractivity contribution in [1.82, 2.24) is 9.80 Å². The number of aryl methyl sites for hydroxylation is 2. The molecule has 4 nitrogen and oxygen atoms in total. The van der Waals surface area contributed by atoms with E-state index in [0.717, 1.165) is 56.6 Å². The topological polar surface area (TPSA) is 40.6 Å². The molecule has 11 rings (SSSR count). The van der Waals surface area contributed by atoms with Crippen LogP contribution in [0.1, 0.15) is 273 Å². The Morgan fingerprint density at radius 3 is 1.10 bits per heavy atom. The Balaban J connectivity index is 0.920. The number of nitrogens with zero attached hydrogens (tertiary/aromatic N) is 2. The van der Waals surface area contributed by atoms with E-state index >= 15 is 9.59 Å². The Morgan fingerprint density at radius 2 is 0.691 bits per heavy atom. The fourth-order valence-electron chi connectivity index (χ4n) is 15.2. The third-order valence-electron chi connectivity index (χ3n) is 20.7. The first kappa shape index (κ1) is 72.6. The van der Waals surface area contributed by atoms with Crippen molar-refractivity contribution in [3.8, 4) is 10.4 Å². The summed E-state index contributed by atoms with van der Waals surface area (Å²) in [6.45, 7) is 14.8. The van der Waals surface area contributed by atoms with Crippen molar-refractivity contribution < 1.29 is 9.59 Å². The van der Waals surface area contributed by atoms with Gasteiger partial charge in [0.2, 0.25) is 0 Å². The van der Waals surface area contributed by atoms with Gasteiger partial charge in [0.25, 0.3) is 11.8 Å². The normalized spacial score (nSPS) is 14.4. The van der Waals surface area contributed by atoms with Crippen molar-refractivity contribution in [3.05, 3.63) is 160 Å². The highest BCUT2D eigenvalue weighted by Gasteiger charge is 2.50. The van der Waals surface area contributed by atoms with Crippen molar-refractivity contribution in [2.45, 2.75) is 247 Å². The van der Waals surface area contributed by atoms with Crippen LogP contribution in [0, 0.1) is 25.7 Å². The number of fused-ring (bicyclic) bond motifs is 8. The van der Waals surface area contributed by atoms with Crippen molar-refractivity contribution in [3.63, 3.8) is 0 Å². The van der Waals surface area contributed by atoms with Gasteiger partial charge in [-0.05, 0) is 157 Å². The summed E-state index contributed by atoms with van der Waals surface area (Å²) in [5.41, 5.74) is 5.52. The molecule has 97 heavy (non-hydrogen) atoms. The summed E-state index contributed by atoms with van der Waals surface area (Å²) >= 11 is 9.03. The van der Waals surface area contributed by atoms with E-state index in [4.69, 9.17) is 0 Å². The second-order valence-corrected chi connectivity index (χ2v) is 34.2. The Morgan fingerprint density at radius 1 is 0.340 bits per heavy atom. The third kappa shape index (κ3) is 19.0. The van der Waals surface area contributed by atoms with Crippen LogP contribution in [0.4, 0.5) is 0 Å². The Kier molecular flexibility index (Phi) is 27.8. The van der Waals surface area contributed by atoms with Gasteiger partial charge in [-0.15, -0.1) is 56.7 Å². The van der Waals surface area contributed by atoms with Gasteiger partial charge < -0.3 is 9.80 Å². The third-order valence-corrected chi connectivity index (χ3v) is 26.2. The highest BCUT2D eigenvalue weighted by molar-refractivity contribution is 7.27. The molecule has 2 aliphatic heterocycles. The minimum atomic E-state index is 0.0250. The van der Waals surface area contributed by atoms with Crippen molar-refractivity contribution in [2.75, 3.05) is 13.1 Å². The number of thiophene rings is 5. The molecule has 2 atom stereocenters. The SMILES string of the molecule is CCCCCCCCCCC(CCCCCCCC)CN1C(=O)C2=C(c3ccc(/C=C/c4ccc(-c5ccc6c(ccc7c8ccc9cc(C)ccc9c8sc67)c5)s4)s3)N(CC(CCCCCCCC)CCCCCCCCCC)C(=O)C2=C1c1ccc(/C=C/c2ccc(C)s2)s1. The molecule has 0 radical (unpaired) electrons. The van der Waals surface area contributed by atoms with Crippen molar-refractivity contribution in [1.29, 1.82) is 0 Å². The highest BCUT2D eigenvalue weighted by Crippen LogP contribution is 2.51. The van der Waals surface area contributed by atoms with Gasteiger partial charge in [-0.1, -0.05) is 268 Å². The molecule has 0 fully saturated rings. The molecule has 2 amide bonds. The van der Waals surface area contributed by atoms with E-state index in [2.05, 4.69) is 185 Å². The van der Waals surface area contributed by atoms with Crippen LogP contribution in [0.5, 0.6) is 0 Å². The lowest BCUT2D eigenvalue weighted by Crippen LogP contribution is -2.34. The number of rotatable bonds is 43. The van der Waals surface area contributed by atoms with E-state index in [1.807, 2.05) is 34.0 Å². The number of hydrogen-bond acceptors (Lipinski definition) is 7. The molecule has 0 N–H and O–H groups in total. The first-order chi connectivity index (χ1) is 47.6. The zero-order valence-electron chi connectivity index (χ0n) is 59.7. The summed E-state index contributed by atoms with van der Waals surface area (Å²) in [5.74, 6) is 0.759. The van der Waals surface area contributed by atoms with Crippen LogP contribution in [-0.2, 0) is 9.59 Å². The number of unbranched alkanes of at least 4 members (excludes halogenated alkanes) is 24. The molecular formula is C88H110N2O2S5. The van der Waals surface area contributed by atoms with Crippen LogP contribution in [0.3, 0.4) is 0 Å². The van der Waals surface area contributed by atoms with Crippen LogP contribution in [0.15, 0.2) is 120 Å². The summed E-state index contributed by atoms with van der Waals surface area (Å²) in [5, 5.41) is 7.89. The molecule has 4 aromatic carbocycles. The lowest BCUT2D eigenvalue weighted by atomic mass is 9.93. The molecule has 0 bridgehead atoms. The number of benzene rings is 4. The predicted octanol–water partition coefficient (Wildman–Crippen LogP) is 28.8. The molecule has 0 spiro atoms. The molecule has 5 aromatic heterocycles. The first-order valence-corrected chi connectivity index (χ1v) is 42.3. The quantitative estimate of drug-likeness (QED) is 0.0357. The van der Waals surface area contributed by atoms with Crippen LogP contribution >= 0.6 is 56.7 Å². The average Bonchev–Trinajstić information content (AvgIpc) is 1.57. The minimum Gasteiger partial charge on any atom is -0.306 e. The van der Waals surface area contributed by atoms with Crippen LogP contribution in [0.25, 0.3) is 87.9 Å². The van der Waals surface area contributed by atoms with Gasteiger partial charge in [0, 0.05) is 62.5 Å². The molecule has 0 aliphatic carbocycles. The summed E-state index contributed by atoms with van der Waals surface area (Å²) in [6, 6.07) is 40.9. The molecule has 2 unspecified atom stereocenters. The fourth-order valence-corrected chi connectivity index (χ4v) is 20.2. The van der Waals surface area contributed by atoms with Gasteiger partial charge in [0.1, 0.15) is 0 Å². The fraction of sp³-hybridized carbons (Fsp3) is 0.477. The number of hydrogen-bond donors (Lipinski definition) is 0. The van der Waals surface area contributed by atoms with E-state index < -0.39 is 0 Å². The highest BCUT2D eigenvalue weighted by atomic mass is 32.1. The maximum atomic E-state index is 16.3. The van der Waals surface area contributed by atoms with Gasteiger partial charge in [0.15, 0.2) is 0 Å². The summed E-state index contributed by atoms with van der Waals surface area (Å²) < 4.78 is 2.72. The van der Waals surface area contributed by atoms with E-state index in [1.165, 1.54) is 252 Å². The number of carbonyl (C=O) groups is 2. The standard InChI is InChI=1S/C88H110N2O2S5/c1-7-11-15-19-23-25-29-33-37-65(35-31-27-21-17-13-9-3)61-89-83(79-57-50-72(95-79)46-45-70-44-40-64(6)93-70)81-82(88(89)92)84(90(87(81)91)62-66(36-32-28-22-18-14-10-4)38-34-30-26-24-20-16-12-8-2)80-58-51-73(96-80)48-47-71-49-56-78(94-71)69-43-53-75-68(60-69)42-55-77-76-54-41-67-59-63(5)39-52-74(67)85(76)97-86(75)77/h39-60,65-66H,7-38,61-62H2,1-6H3/b46-45+,48-47+. The zero-order valence-corrected chi connectivity index (χ0v) is 63.7. The summed E-state index contributed by atoms with van der Waals surface area (Å²) in [6.07, 6.45) is 49.1. The minimum absolute atomic E-state index is 0.0250. The molecule has 0 saturated carbocycles. The lowest BCUT2D eigenvalue weighted by Gasteiger charge is -2.29. The van der Waals surface area contributed by atoms with Gasteiger partial charge in [-0.25, -0.2) is 0 Å². The number of amides is 2. The Hall–Kier alpha value is -5.68. The Labute approximate surface area is 603 Å². The van der Waals surface area contributed by atoms with Gasteiger partial charge in [0.05, 0.1) is 32.3 Å². The van der Waals surface area contributed by atoms with Gasteiger partial charge in [-0.3, -0.25) is 9.59 Å². The second-order valence-electron chi connectivity index (χ2n) is 28.5. The predicted molar refractivity (Wildman–Crippen MR) is 433 cm³/mol. The molecule has 9 heteroatoms. The maximum absolute atomic E-state index is 16.3. The van der Waals surface area contributed by atoms with Gasteiger partial charge >= 0.3 is 0 Å². The molecule has 514 valence electrons. The Bertz CT molecular complexity index is 4150. The summed E-state index contributed by atoms with van der Waals surface area (Å²) in [7, 11) is 0. The van der Waals surface area contributed by atoms with Crippen LogP contribution < -0.4 is 0 Å². The van der Waals surface area contributed by atoms with Crippen LogP contribution in [0.2, 0.25) is 0 Å². The zero-order chi connectivity index (χ0) is 67.3. The van der Waals surface area contributed by atoms with E-state index in [-0.39, 0.29) is 11.8 Å². The van der Waals surface area contributed by atoms with Crippen molar-refractivity contribution in [2.24, 2.45) is 11.8 Å².